The molecule has 0 heterocycles. The summed E-state index contributed by atoms with van der Waals surface area (Å²) in [6.07, 6.45) is 0.610. The van der Waals surface area contributed by atoms with E-state index in [1.54, 1.807) is 0 Å². The van der Waals surface area contributed by atoms with Crippen molar-refractivity contribution in [1.82, 2.24) is 5.32 Å². The van der Waals surface area contributed by atoms with Crippen LogP contribution in [0.5, 0.6) is 0 Å². The van der Waals surface area contributed by atoms with Crippen LogP contribution in [0.15, 0.2) is 30.3 Å². The molecule has 1 aromatic rings. The van der Waals surface area contributed by atoms with E-state index < -0.39 is 0 Å². The second kappa shape index (κ2) is 7.26. The van der Waals surface area contributed by atoms with Crippen LogP contribution in [0, 0.1) is 0 Å². The Balaban J connectivity index is 2.42. The number of rotatable bonds is 6. The van der Waals surface area contributed by atoms with E-state index in [-0.39, 0.29) is 30.8 Å². The van der Waals surface area contributed by atoms with Gasteiger partial charge in [0, 0.05) is 0 Å². The highest BCUT2D eigenvalue weighted by Crippen LogP contribution is 2.06. The summed E-state index contributed by atoms with van der Waals surface area (Å²) in [5.41, 5.74) is 0.740. The smallest absolute Gasteiger partial charge is 0.246 e. The minimum absolute atomic E-state index is 0.00872. The molecule has 19 heavy (non-hydrogen) atoms. The molecule has 0 saturated carbocycles. The molecule has 2 N–H and O–H groups in total. The van der Waals surface area contributed by atoms with E-state index in [1.165, 1.54) is 0 Å². The molecule has 0 bridgehead atoms. The Morgan fingerprint density at radius 1 is 1.32 bits per heavy atom. The molecule has 106 valence electrons. The Labute approximate surface area is 114 Å². The van der Waals surface area contributed by atoms with Gasteiger partial charge in [-0.1, -0.05) is 30.3 Å². The topological polar surface area (TPSA) is 58.6 Å². The van der Waals surface area contributed by atoms with Gasteiger partial charge in [-0.3, -0.25) is 4.79 Å². The van der Waals surface area contributed by atoms with Crippen molar-refractivity contribution in [3.8, 4) is 0 Å². The lowest BCUT2D eigenvalue weighted by Gasteiger charge is -2.21. The van der Waals surface area contributed by atoms with E-state index in [4.69, 9.17) is 4.74 Å². The van der Waals surface area contributed by atoms with Crippen LogP contribution >= 0.6 is 0 Å². The third-order valence-electron chi connectivity index (χ3n) is 2.55. The molecule has 1 amide bonds. The van der Waals surface area contributed by atoms with E-state index in [2.05, 4.69) is 5.32 Å². The average molecular weight is 265 g/mol. The summed E-state index contributed by atoms with van der Waals surface area (Å²) in [6.45, 7) is 5.61. The van der Waals surface area contributed by atoms with Crippen LogP contribution in [-0.4, -0.2) is 35.9 Å². The third kappa shape index (κ3) is 6.94. The molecule has 0 aliphatic heterocycles. The largest absolute Gasteiger partial charge is 0.394 e. The number of hydrogen-bond acceptors (Lipinski definition) is 3. The summed E-state index contributed by atoms with van der Waals surface area (Å²) in [4.78, 5) is 11.7. The van der Waals surface area contributed by atoms with E-state index in [0.717, 1.165) is 5.56 Å². The van der Waals surface area contributed by atoms with Crippen molar-refractivity contribution in [2.45, 2.75) is 38.8 Å². The highest BCUT2D eigenvalue weighted by Gasteiger charge is 2.16. The summed E-state index contributed by atoms with van der Waals surface area (Å²) >= 11 is 0. The average Bonchev–Trinajstić information content (AvgIpc) is 2.36. The zero-order valence-electron chi connectivity index (χ0n) is 11.8. The molecule has 0 spiro atoms. The Kier molecular flexibility index (Phi) is 5.99. The third-order valence-corrected chi connectivity index (χ3v) is 2.55. The number of aliphatic hydroxyl groups is 1. The maximum atomic E-state index is 11.7. The van der Waals surface area contributed by atoms with Crippen LogP contribution in [0.1, 0.15) is 26.3 Å². The predicted molar refractivity (Wildman–Crippen MR) is 74.9 cm³/mol. The number of carbonyl (C=O) groups excluding carboxylic acids is 1. The van der Waals surface area contributed by atoms with Crippen LogP contribution < -0.4 is 5.32 Å². The Hall–Kier alpha value is -1.39. The molecule has 1 aromatic carbocycles. The molecule has 0 aromatic heterocycles. The van der Waals surface area contributed by atoms with Gasteiger partial charge in [0.25, 0.3) is 0 Å². The Morgan fingerprint density at radius 2 is 1.95 bits per heavy atom. The summed E-state index contributed by atoms with van der Waals surface area (Å²) < 4.78 is 5.39. The maximum Gasteiger partial charge on any atom is 0.246 e. The molecule has 0 aliphatic carbocycles. The van der Waals surface area contributed by atoms with Crippen molar-refractivity contribution < 1.29 is 14.6 Å². The molecule has 1 atom stereocenters. The van der Waals surface area contributed by atoms with Crippen LogP contribution in [-0.2, 0) is 16.0 Å². The molecular formula is C15H23NO3. The molecule has 0 saturated heterocycles. The summed E-state index contributed by atoms with van der Waals surface area (Å²) in [7, 11) is 0. The minimum Gasteiger partial charge on any atom is -0.394 e. The van der Waals surface area contributed by atoms with Crippen LogP contribution in [0.25, 0.3) is 0 Å². The monoisotopic (exact) mass is 265 g/mol. The molecule has 0 aliphatic rings. The van der Waals surface area contributed by atoms with Crippen molar-refractivity contribution >= 4 is 5.91 Å². The van der Waals surface area contributed by atoms with Crippen LogP contribution in [0.2, 0.25) is 0 Å². The first-order chi connectivity index (χ1) is 8.90. The van der Waals surface area contributed by atoms with Gasteiger partial charge in [-0.05, 0) is 32.8 Å². The van der Waals surface area contributed by atoms with Crippen LogP contribution in [0.4, 0.5) is 0 Å². The second-order valence-corrected chi connectivity index (χ2v) is 5.54. The van der Waals surface area contributed by atoms with Crippen molar-refractivity contribution in [2.75, 3.05) is 13.2 Å². The fraction of sp³-hybridized carbons (Fsp3) is 0.533. The minimum atomic E-state index is -0.342. The van der Waals surface area contributed by atoms with Crippen molar-refractivity contribution in [1.29, 1.82) is 0 Å². The number of amides is 1. The first-order valence-electron chi connectivity index (χ1n) is 6.49. The van der Waals surface area contributed by atoms with Gasteiger partial charge in [0.2, 0.25) is 5.91 Å². The summed E-state index contributed by atoms with van der Waals surface area (Å²) in [5, 5.41) is 12.1. The lowest BCUT2D eigenvalue weighted by molar-refractivity contribution is -0.131. The van der Waals surface area contributed by atoms with Gasteiger partial charge in [-0.2, -0.15) is 0 Å². The number of hydrogen-bond donors (Lipinski definition) is 2. The van der Waals surface area contributed by atoms with E-state index in [0.29, 0.717) is 6.42 Å². The standard InChI is InChI=1S/C15H23NO3/c1-15(2,3)19-11-14(18)16-13(10-17)9-12-7-5-4-6-8-12/h4-8,13,17H,9-11H2,1-3H3,(H,16,18). The first kappa shape index (κ1) is 15.7. The highest BCUT2D eigenvalue weighted by molar-refractivity contribution is 5.77. The molecule has 1 unspecified atom stereocenters. The van der Waals surface area contributed by atoms with E-state index in [9.17, 15) is 9.90 Å². The van der Waals surface area contributed by atoms with Gasteiger partial charge in [-0.25, -0.2) is 0 Å². The predicted octanol–water partition coefficient (Wildman–Crippen LogP) is 1.52. The van der Waals surface area contributed by atoms with Crippen molar-refractivity contribution in [3.05, 3.63) is 35.9 Å². The van der Waals surface area contributed by atoms with Crippen LogP contribution in [0.3, 0.4) is 0 Å². The quantitative estimate of drug-likeness (QED) is 0.820. The lowest BCUT2D eigenvalue weighted by atomic mass is 10.1. The SMILES string of the molecule is CC(C)(C)OCC(=O)NC(CO)Cc1ccccc1. The van der Waals surface area contributed by atoms with Crippen molar-refractivity contribution in [2.24, 2.45) is 0 Å². The second-order valence-electron chi connectivity index (χ2n) is 5.54. The Morgan fingerprint density at radius 3 is 2.47 bits per heavy atom. The molecular weight excluding hydrogens is 242 g/mol. The zero-order valence-corrected chi connectivity index (χ0v) is 11.8. The molecule has 4 nitrogen and oxygen atoms in total. The lowest BCUT2D eigenvalue weighted by Crippen LogP contribution is -2.42. The van der Waals surface area contributed by atoms with Gasteiger partial charge in [0.15, 0.2) is 0 Å². The van der Waals surface area contributed by atoms with Gasteiger partial charge >= 0.3 is 0 Å². The van der Waals surface area contributed by atoms with E-state index in [1.807, 2.05) is 51.1 Å². The molecule has 0 fully saturated rings. The number of benzene rings is 1. The number of ether oxygens (including phenoxy) is 1. The molecule has 4 heteroatoms. The Bertz CT molecular complexity index is 384. The van der Waals surface area contributed by atoms with Gasteiger partial charge < -0.3 is 15.2 Å². The van der Waals surface area contributed by atoms with E-state index >= 15 is 0 Å². The zero-order chi connectivity index (χ0) is 14.3. The number of carbonyl (C=O) groups is 1. The van der Waals surface area contributed by atoms with Crippen molar-refractivity contribution in [3.63, 3.8) is 0 Å². The molecule has 1 rings (SSSR count). The normalized spacial score (nSPS) is 13.1. The number of nitrogens with one attached hydrogen (secondary N) is 1. The number of aliphatic hydroxyl groups excluding tert-OH is 1. The summed E-state index contributed by atoms with van der Waals surface area (Å²) in [6, 6.07) is 9.48. The fourth-order valence-electron chi connectivity index (χ4n) is 1.61. The maximum absolute atomic E-state index is 11.7. The van der Waals surface area contributed by atoms with Gasteiger partial charge in [-0.15, -0.1) is 0 Å². The first-order valence-corrected chi connectivity index (χ1v) is 6.49. The van der Waals surface area contributed by atoms with Gasteiger partial charge in [0.05, 0.1) is 18.2 Å². The summed E-state index contributed by atoms with van der Waals surface area (Å²) in [5.74, 6) is -0.204. The fourth-order valence-corrected chi connectivity index (χ4v) is 1.61. The highest BCUT2D eigenvalue weighted by atomic mass is 16.5. The molecule has 0 radical (unpaired) electrons. The van der Waals surface area contributed by atoms with Gasteiger partial charge in [0.1, 0.15) is 6.61 Å².